The maximum atomic E-state index is 12.1. The number of rotatable bonds is 7. The molecule has 1 fully saturated rings. The molecule has 2 N–H and O–H groups in total. The Kier molecular flexibility index (Phi) is 7.83. The number of hydrogen-bond donors (Lipinski definition) is 2. The summed E-state index contributed by atoms with van der Waals surface area (Å²) in [6.45, 7) is 8.23. The number of anilines is 2. The highest BCUT2D eigenvalue weighted by atomic mass is 35.5. The molecule has 1 aliphatic heterocycles. The van der Waals surface area contributed by atoms with Crippen LogP contribution in [0.1, 0.15) is 53.6 Å². The molecule has 5 rings (SSSR count). The predicted molar refractivity (Wildman–Crippen MR) is 165 cm³/mol. The van der Waals surface area contributed by atoms with Crippen molar-refractivity contribution in [2.45, 2.75) is 46.2 Å². The van der Waals surface area contributed by atoms with E-state index in [-0.39, 0.29) is 18.0 Å². The molecule has 4 aromatic rings. The highest BCUT2D eigenvalue weighted by Gasteiger charge is 2.43. The minimum absolute atomic E-state index is 0.0819. The van der Waals surface area contributed by atoms with Crippen molar-refractivity contribution in [3.05, 3.63) is 100 Å². The molecule has 0 bridgehead atoms. The summed E-state index contributed by atoms with van der Waals surface area (Å²) in [5.74, 6) is 0.477. The summed E-state index contributed by atoms with van der Waals surface area (Å²) in [5, 5.41) is 7.73. The van der Waals surface area contributed by atoms with Gasteiger partial charge in [-0.05, 0) is 81.0 Å². The Morgan fingerprint density at radius 2 is 1.88 bits per heavy atom. The Bertz CT molecular complexity index is 1590. The van der Waals surface area contributed by atoms with E-state index < -0.39 is 0 Å². The summed E-state index contributed by atoms with van der Waals surface area (Å²) >= 11 is 12.4. The normalized spacial score (nSPS) is 16.6. The van der Waals surface area contributed by atoms with Gasteiger partial charge >= 0.3 is 0 Å². The largest absolute Gasteiger partial charge is 0.494 e. The van der Waals surface area contributed by atoms with E-state index in [4.69, 9.17) is 33.5 Å². The number of methoxy groups -OCH3 is 1. The van der Waals surface area contributed by atoms with Gasteiger partial charge in [0, 0.05) is 52.0 Å². The summed E-state index contributed by atoms with van der Waals surface area (Å²) in [5.41, 5.74) is 7.90. The molecule has 1 saturated heterocycles. The van der Waals surface area contributed by atoms with Crippen molar-refractivity contribution >= 4 is 46.2 Å². The molecule has 1 amide bonds. The monoisotopic (exact) mass is 573 g/mol. The van der Waals surface area contributed by atoms with Crippen LogP contribution in [0.3, 0.4) is 0 Å². The van der Waals surface area contributed by atoms with Gasteiger partial charge in [-0.2, -0.15) is 0 Å². The molecule has 206 valence electrons. The minimum Gasteiger partial charge on any atom is -0.494 e. The van der Waals surface area contributed by atoms with E-state index in [9.17, 15) is 4.79 Å². The fourth-order valence-corrected chi connectivity index (χ4v) is 6.07. The summed E-state index contributed by atoms with van der Waals surface area (Å²) in [6, 6.07) is 19.1. The number of aromatic nitrogens is 2. The van der Waals surface area contributed by atoms with Crippen molar-refractivity contribution in [3.63, 3.8) is 0 Å². The van der Waals surface area contributed by atoms with E-state index in [0.29, 0.717) is 28.0 Å². The van der Waals surface area contributed by atoms with E-state index in [0.717, 1.165) is 34.0 Å². The Labute approximate surface area is 245 Å². The maximum absolute atomic E-state index is 12.1. The standard InChI is InChI=1S/C31H32ClN5O2S/c1-6-27(38)34-24-14-13-23(17-26(24)39-5)37-30(29(35-31(37)40)25-12-7-8-15-33-25)28-18(2)19(3)36(20(28)4)22-11-9-10-21(32)16-22/h7-17,29-30H,6H2,1-5H3,(H,34,38)(H,35,40)/t29-,30+/m0/s1. The number of amides is 1. The van der Waals surface area contributed by atoms with Gasteiger partial charge in [0.2, 0.25) is 5.91 Å². The van der Waals surface area contributed by atoms with Crippen LogP contribution in [0, 0.1) is 20.8 Å². The fraction of sp³-hybridized carbons (Fsp3) is 0.258. The number of benzene rings is 2. The Morgan fingerprint density at radius 3 is 2.55 bits per heavy atom. The molecule has 9 heteroatoms. The van der Waals surface area contributed by atoms with Crippen LogP contribution < -0.4 is 20.3 Å². The number of pyridine rings is 1. The van der Waals surface area contributed by atoms with Crippen molar-refractivity contribution in [3.8, 4) is 11.4 Å². The Morgan fingerprint density at radius 1 is 1.07 bits per heavy atom. The van der Waals surface area contributed by atoms with Crippen molar-refractivity contribution in [2.75, 3.05) is 17.3 Å². The summed E-state index contributed by atoms with van der Waals surface area (Å²) in [7, 11) is 1.60. The number of thiocarbonyl (C=S) groups is 1. The third-order valence-electron chi connectivity index (χ3n) is 7.53. The number of nitrogens with one attached hydrogen (secondary N) is 2. The Hall–Kier alpha value is -3.88. The molecule has 0 saturated carbocycles. The maximum Gasteiger partial charge on any atom is 0.224 e. The van der Waals surface area contributed by atoms with Crippen LogP contribution in [0.25, 0.3) is 5.69 Å². The first-order chi connectivity index (χ1) is 19.2. The van der Waals surface area contributed by atoms with E-state index in [2.05, 4.69) is 46.9 Å². The molecular weight excluding hydrogens is 542 g/mol. The lowest BCUT2D eigenvalue weighted by molar-refractivity contribution is -0.115. The van der Waals surface area contributed by atoms with Crippen LogP contribution >= 0.6 is 23.8 Å². The van der Waals surface area contributed by atoms with Crippen molar-refractivity contribution in [2.24, 2.45) is 0 Å². The quantitative estimate of drug-likeness (QED) is 0.232. The molecule has 2 aromatic heterocycles. The number of ether oxygens (including phenoxy) is 1. The number of carbonyl (C=O) groups is 1. The first kappa shape index (κ1) is 27.7. The van der Waals surface area contributed by atoms with Crippen LogP contribution in [-0.2, 0) is 4.79 Å². The van der Waals surface area contributed by atoms with Gasteiger partial charge in [-0.3, -0.25) is 9.78 Å². The molecule has 1 aliphatic rings. The lowest BCUT2D eigenvalue weighted by Crippen LogP contribution is -2.30. The molecule has 0 aliphatic carbocycles. The number of hydrogen-bond acceptors (Lipinski definition) is 4. The predicted octanol–water partition coefficient (Wildman–Crippen LogP) is 6.99. The highest BCUT2D eigenvalue weighted by Crippen LogP contribution is 2.46. The molecule has 7 nitrogen and oxygen atoms in total. The molecule has 2 atom stereocenters. The van der Waals surface area contributed by atoms with Crippen LogP contribution in [0.4, 0.5) is 11.4 Å². The third kappa shape index (κ3) is 4.93. The van der Waals surface area contributed by atoms with Gasteiger partial charge < -0.3 is 24.8 Å². The first-order valence-electron chi connectivity index (χ1n) is 13.2. The highest BCUT2D eigenvalue weighted by molar-refractivity contribution is 7.80. The summed E-state index contributed by atoms with van der Waals surface area (Å²) in [6.07, 6.45) is 2.18. The molecular formula is C31H32ClN5O2S. The number of carbonyl (C=O) groups excluding carboxylic acids is 1. The molecule has 0 radical (unpaired) electrons. The molecule has 0 spiro atoms. The molecule has 2 aromatic carbocycles. The van der Waals surface area contributed by atoms with E-state index in [1.807, 2.05) is 61.5 Å². The zero-order chi connectivity index (χ0) is 28.6. The summed E-state index contributed by atoms with van der Waals surface area (Å²) < 4.78 is 7.93. The molecule has 3 heterocycles. The fourth-order valence-electron chi connectivity index (χ4n) is 5.54. The lowest BCUT2D eigenvalue weighted by atomic mass is 9.93. The van der Waals surface area contributed by atoms with E-state index >= 15 is 0 Å². The Balaban J connectivity index is 1.69. The zero-order valence-electron chi connectivity index (χ0n) is 23.2. The average molecular weight is 574 g/mol. The second-order valence-corrected chi connectivity index (χ2v) is 10.6. The lowest BCUT2D eigenvalue weighted by Gasteiger charge is -2.29. The molecule has 40 heavy (non-hydrogen) atoms. The topological polar surface area (TPSA) is 71.4 Å². The van der Waals surface area contributed by atoms with Crippen molar-refractivity contribution in [1.82, 2.24) is 14.9 Å². The molecule has 0 unspecified atom stereocenters. The zero-order valence-corrected chi connectivity index (χ0v) is 24.7. The van der Waals surface area contributed by atoms with Gasteiger partial charge in [0.25, 0.3) is 0 Å². The first-order valence-corrected chi connectivity index (χ1v) is 14.0. The van der Waals surface area contributed by atoms with Gasteiger partial charge in [-0.1, -0.05) is 30.7 Å². The van der Waals surface area contributed by atoms with Crippen LogP contribution in [0.15, 0.2) is 66.9 Å². The van der Waals surface area contributed by atoms with Gasteiger partial charge in [0.05, 0.1) is 30.6 Å². The van der Waals surface area contributed by atoms with Crippen LogP contribution in [-0.4, -0.2) is 27.7 Å². The second-order valence-electron chi connectivity index (χ2n) is 9.81. The van der Waals surface area contributed by atoms with Gasteiger partial charge in [0.15, 0.2) is 5.11 Å². The van der Waals surface area contributed by atoms with Crippen molar-refractivity contribution in [1.29, 1.82) is 0 Å². The summed E-state index contributed by atoms with van der Waals surface area (Å²) in [4.78, 5) is 18.9. The number of halogens is 1. The van der Waals surface area contributed by atoms with Crippen LogP contribution in [0.5, 0.6) is 5.75 Å². The van der Waals surface area contributed by atoms with Crippen LogP contribution in [0.2, 0.25) is 5.02 Å². The van der Waals surface area contributed by atoms with Gasteiger partial charge in [-0.15, -0.1) is 0 Å². The van der Waals surface area contributed by atoms with E-state index in [1.54, 1.807) is 13.3 Å². The van der Waals surface area contributed by atoms with E-state index in [1.165, 1.54) is 5.56 Å². The number of nitrogens with zero attached hydrogens (tertiary/aromatic N) is 3. The SMILES string of the molecule is CCC(=O)Nc1ccc(N2C(=S)N[C@@H](c3ccccn3)[C@H]2c2c(C)c(C)n(-c3cccc(Cl)c3)c2C)cc1OC. The smallest absolute Gasteiger partial charge is 0.224 e. The average Bonchev–Trinajstić information content (AvgIpc) is 3.40. The van der Waals surface area contributed by atoms with Gasteiger partial charge in [0.1, 0.15) is 5.75 Å². The third-order valence-corrected chi connectivity index (χ3v) is 8.08. The second kappa shape index (κ2) is 11.3. The van der Waals surface area contributed by atoms with Gasteiger partial charge in [-0.25, -0.2) is 0 Å². The van der Waals surface area contributed by atoms with Crippen molar-refractivity contribution < 1.29 is 9.53 Å². The minimum atomic E-state index is -0.206.